The van der Waals surface area contributed by atoms with E-state index in [4.69, 9.17) is 11.0 Å². The lowest BCUT2D eigenvalue weighted by Crippen LogP contribution is -2.46. The van der Waals surface area contributed by atoms with E-state index < -0.39 is 5.54 Å². The third kappa shape index (κ3) is 7.65. The van der Waals surface area contributed by atoms with E-state index in [9.17, 15) is 0 Å². The Kier molecular flexibility index (Phi) is 7.46. The van der Waals surface area contributed by atoms with Crippen LogP contribution in [0.1, 0.15) is 34.1 Å². The van der Waals surface area contributed by atoms with E-state index in [1.54, 1.807) is 0 Å². The largest absolute Gasteiger partial charge is 0.314 e. The fraction of sp³-hybridized carbons (Fsp3) is 0.929. The smallest absolute Gasteiger partial charge is 0.102 e. The molecule has 0 aliphatic carbocycles. The zero-order valence-corrected chi connectivity index (χ0v) is 12.9. The molecule has 106 valence electrons. The van der Waals surface area contributed by atoms with Gasteiger partial charge in [-0.05, 0) is 40.3 Å². The molecule has 0 fully saturated rings. The number of nitrogens with zero attached hydrogens (tertiary/aromatic N) is 3. The first kappa shape index (κ1) is 17.4. The standard InChI is InChI=1S/C14H30N4/c1-12(2)10-18(8-7-17(5)6)13(3)9-14(4,16)11-15/h12-13H,7-10,16H2,1-6H3. The number of hydrogen-bond donors (Lipinski definition) is 1. The van der Waals surface area contributed by atoms with E-state index in [1.165, 1.54) is 0 Å². The summed E-state index contributed by atoms with van der Waals surface area (Å²) in [5.41, 5.74) is 5.21. The highest BCUT2D eigenvalue weighted by atomic mass is 15.2. The number of likely N-dealkylation sites (N-methyl/N-ethyl adjacent to an activating group) is 1. The van der Waals surface area contributed by atoms with Crippen molar-refractivity contribution in [2.45, 2.75) is 45.7 Å². The Morgan fingerprint density at radius 1 is 1.22 bits per heavy atom. The van der Waals surface area contributed by atoms with Crippen LogP contribution in [0.2, 0.25) is 0 Å². The SMILES string of the molecule is CC(C)CN(CCN(C)C)C(C)CC(C)(N)C#N. The maximum absolute atomic E-state index is 9.02. The van der Waals surface area contributed by atoms with Crippen molar-refractivity contribution in [2.75, 3.05) is 33.7 Å². The molecule has 0 bridgehead atoms. The molecule has 2 unspecified atom stereocenters. The van der Waals surface area contributed by atoms with Crippen LogP contribution in [0.5, 0.6) is 0 Å². The van der Waals surface area contributed by atoms with Crippen molar-refractivity contribution in [1.29, 1.82) is 5.26 Å². The number of nitrogens with two attached hydrogens (primary N) is 1. The Hall–Kier alpha value is -0.630. The van der Waals surface area contributed by atoms with Crippen LogP contribution in [0, 0.1) is 17.2 Å². The molecule has 2 N–H and O–H groups in total. The van der Waals surface area contributed by atoms with E-state index in [1.807, 2.05) is 6.92 Å². The molecule has 0 aromatic rings. The van der Waals surface area contributed by atoms with Crippen molar-refractivity contribution < 1.29 is 0 Å². The summed E-state index contributed by atoms with van der Waals surface area (Å²) in [6.45, 7) is 11.5. The van der Waals surface area contributed by atoms with Crippen molar-refractivity contribution >= 4 is 0 Å². The average Bonchev–Trinajstić information content (AvgIpc) is 2.22. The Morgan fingerprint density at radius 2 is 1.78 bits per heavy atom. The highest BCUT2D eigenvalue weighted by Gasteiger charge is 2.25. The zero-order valence-electron chi connectivity index (χ0n) is 12.9. The summed E-state index contributed by atoms with van der Waals surface area (Å²) in [6.07, 6.45) is 0.712. The van der Waals surface area contributed by atoms with Crippen LogP contribution in [0.4, 0.5) is 0 Å². The van der Waals surface area contributed by atoms with Crippen LogP contribution in [0.3, 0.4) is 0 Å². The van der Waals surface area contributed by atoms with E-state index in [0.717, 1.165) is 19.6 Å². The number of rotatable bonds is 8. The van der Waals surface area contributed by atoms with Gasteiger partial charge in [0.2, 0.25) is 0 Å². The third-order valence-electron chi connectivity index (χ3n) is 3.03. The first-order chi connectivity index (χ1) is 8.18. The summed E-state index contributed by atoms with van der Waals surface area (Å²) in [4.78, 5) is 4.62. The average molecular weight is 254 g/mol. The zero-order chi connectivity index (χ0) is 14.3. The fourth-order valence-corrected chi connectivity index (χ4v) is 2.08. The molecule has 2 atom stereocenters. The number of nitriles is 1. The van der Waals surface area contributed by atoms with Gasteiger partial charge in [-0.2, -0.15) is 5.26 Å². The Balaban J connectivity index is 4.49. The van der Waals surface area contributed by atoms with Gasteiger partial charge in [0.25, 0.3) is 0 Å². The van der Waals surface area contributed by atoms with E-state index >= 15 is 0 Å². The summed E-state index contributed by atoms with van der Waals surface area (Å²) in [6, 6.07) is 2.52. The van der Waals surface area contributed by atoms with Gasteiger partial charge in [-0.3, -0.25) is 4.90 Å². The molecule has 4 heteroatoms. The lowest BCUT2D eigenvalue weighted by Gasteiger charge is -2.34. The highest BCUT2D eigenvalue weighted by molar-refractivity contribution is 5.02. The van der Waals surface area contributed by atoms with Gasteiger partial charge < -0.3 is 10.6 Å². The van der Waals surface area contributed by atoms with Crippen LogP contribution >= 0.6 is 0 Å². The van der Waals surface area contributed by atoms with Crippen LogP contribution in [-0.2, 0) is 0 Å². The van der Waals surface area contributed by atoms with Crippen LogP contribution in [0.25, 0.3) is 0 Å². The first-order valence-corrected chi connectivity index (χ1v) is 6.77. The molecule has 0 spiro atoms. The Bertz CT molecular complexity index is 265. The number of hydrogen-bond acceptors (Lipinski definition) is 4. The molecular weight excluding hydrogens is 224 g/mol. The van der Waals surface area contributed by atoms with Crippen molar-refractivity contribution in [3.63, 3.8) is 0 Å². The van der Waals surface area contributed by atoms with Crippen molar-refractivity contribution in [3.8, 4) is 6.07 Å². The molecule has 0 amide bonds. The van der Waals surface area contributed by atoms with Gasteiger partial charge in [-0.15, -0.1) is 0 Å². The Morgan fingerprint density at radius 3 is 2.17 bits per heavy atom. The molecule has 0 aromatic heterocycles. The molecule has 0 heterocycles. The van der Waals surface area contributed by atoms with Crippen LogP contribution in [0.15, 0.2) is 0 Å². The lowest BCUT2D eigenvalue weighted by molar-refractivity contribution is 0.152. The predicted octanol–water partition coefficient (Wildman–Crippen LogP) is 1.53. The third-order valence-corrected chi connectivity index (χ3v) is 3.03. The van der Waals surface area contributed by atoms with Gasteiger partial charge in [0.1, 0.15) is 5.54 Å². The van der Waals surface area contributed by atoms with Crippen LogP contribution < -0.4 is 5.73 Å². The van der Waals surface area contributed by atoms with Crippen LogP contribution in [-0.4, -0.2) is 55.1 Å². The Labute approximate surface area is 113 Å². The molecule has 0 aliphatic heterocycles. The molecule has 18 heavy (non-hydrogen) atoms. The predicted molar refractivity (Wildman–Crippen MR) is 77.2 cm³/mol. The van der Waals surface area contributed by atoms with Gasteiger partial charge in [0.15, 0.2) is 0 Å². The summed E-state index contributed by atoms with van der Waals surface area (Å²) in [5, 5.41) is 9.02. The lowest BCUT2D eigenvalue weighted by atomic mass is 9.95. The molecule has 0 aliphatic rings. The second-order valence-electron chi connectivity index (χ2n) is 6.27. The minimum atomic E-state index is -0.729. The molecule has 4 nitrogen and oxygen atoms in total. The summed E-state index contributed by atoms with van der Waals surface area (Å²) >= 11 is 0. The normalized spacial score (nSPS) is 16.9. The molecule has 0 saturated carbocycles. The molecule has 0 saturated heterocycles. The van der Waals surface area contributed by atoms with Crippen molar-refractivity contribution in [2.24, 2.45) is 11.7 Å². The van der Waals surface area contributed by atoms with Gasteiger partial charge in [0, 0.05) is 25.7 Å². The van der Waals surface area contributed by atoms with Crippen molar-refractivity contribution in [1.82, 2.24) is 9.80 Å². The molecular formula is C14H30N4. The van der Waals surface area contributed by atoms with Gasteiger partial charge in [-0.1, -0.05) is 13.8 Å². The minimum Gasteiger partial charge on any atom is -0.314 e. The van der Waals surface area contributed by atoms with Crippen molar-refractivity contribution in [3.05, 3.63) is 0 Å². The summed E-state index contributed by atoms with van der Waals surface area (Å²) in [5.74, 6) is 0.626. The fourth-order valence-electron chi connectivity index (χ4n) is 2.08. The highest BCUT2D eigenvalue weighted by Crippen LogP contribution is 2.14. The molecule has 0 radical (unpaired) electrons. The summed E-state index contributed by atoms with van der Waals surface area (Å²) in [7, 11) is 4.17. The molecule has 0 aromatic carbocycles. The molecule has 0 rings (SSSR count). The summed E-state index contributed by atoms with van der Waals surface area (Å²) < 4.78 is 0. The minimum absolute atomic E-state index is 0.335. The quantitative estimate of drug-likeness (QED) is 0.713. The topological polar surface area (TPSA) is 56.3 Å². The van der Waals surface area contributed by atoms with E-state index in [2.05, 4.69) is 50.7 Å². The van der Waals surface area contributed by atoms with E-state index in [-0.39, 0.29) is 0 Å². The second-order valence-corrected chi connectivity index (χ2v) is 6.27. The first-order valence-electron chi connectivity index (χ1n) is 6.77. The van der Waals surface area contributed by atoms with E-state index in [0.29, 0.717) is 18.4 Å². The maximum atomic E-state index is 9.02. The maximum Gasteiger partial charge on any atom is 0.102 e. The second kappa shape index (κ2) is 7.73. The van der Waals surface area contributed by atoms with Gasteiger partial charge in [0.05, 0.1) is 6.07 Å². The monoisotopic (exact) mass is 254 g/mol. The van der Waals surface area contributed by atoms with Gasteiger partial charge >= 0.3 is 0 Å². The van der Waals surface area contributed by atoms with Gasteiger partial charge in [-0.25, -0.2) is 0 Å².